The van der Waals surface area contributed by atoms with Crippen molar-refractivity contribution in [2.24, 2.45) is 0 Å². The molecule has 10 aromatic rings. The number of anilines is 3. The van der Waals surface area contributed by atoms with Crippen LogP contribution in [0, 0.1) is 0 Å². The predicted octanol–water partition coefficient (Wildman–Crippen LogP) is 12.8. The minimum atomic E-state index is -0.00986. The molecule has 0 aliphatic carbocycles. The molecule has 10 rings (SSSR count). The summed E-state index contributed by atoms with van der Waals surface area (Å²) < 4.78 is 8.54. The van der Waals surface area contributed by atoms with Gasteiger partial charge in [0, 0.05) is 33.5 Å². The Morgan fingerprint density at radius 1 is 0.377 bits per heavy atom. The van der Waals surface area contributed by atoms with Gasteiger partial charge in [-0.05, 0) is 113 Å². The molecule has 250 valence electrons. The second-order valence-electron chi connectivity index (χ2n) is 13.3. The van der Waals surface area contributed by atoms with Crippen LogP contribution in [-0.4, -0.2) is 4.57 Å². The third kappa shape index (κ3) is 5.28. The van der Waals surface area contributed by atoms with Crippen molar-refractivity contribution in [3.8, 4) is 27.9 Å². The van der Waals surface area contributed by atoms with Gasteiger partial charge < -0.3 is 13.9 Å². The topological polar surface area (TPSA) is 38.4 Å². The van der Waals surface area contributed by atoms with E-state index in [4.69, 9.17) is 4.42 Å². The maximum absolute atomic E-state index is 13.2. The molecule has 0 spiro atoms. The van der Waals surface area contributed by atoms with E-state index in [-0.39, 0.29) is 5.43 Å². The van der Waals surface area contributed by atoms with Crippen LogP contribution in [0.4, 0.5) is 17.1 Å². The van der Waals surface area contributed by atoms with Gasteiger partial charge in [0.2, 0.25) is 5.43 Å². The number of rotatable bonds is 6. The van der Waals surface area contributed by atoms with E-state index in [1.165, 1.54) is 21.9 Å². The van der Waals surface area contributed by atoms with Gasteiger partial charge in [-0.1, -0.05) is 103 Å². The van der Waals surface area contributed by atoms with Crippen molar-refractivity contribution in [2.75, 3.05) is 4.90 Å². The molecule has 0 N–H and O–H groups in total. The van der Waals surface area contributed by atoms with Gasteiger partial charge in [0.15, 0.2) is 0 Å². The Morgan fingerprint density at radius 3 is 1.62 bits per heavy atom. The molecule has 0 unspecified atom stereocenters. The fourth-order valence-corrected chi connectivity index (χ4v) is 7.62. The van der Waals surface area contributed by atoms with E-state index in [0.29, 0.717) is 21.9 Å². The van der Waals surface area contributed by atoms with Gasteiger partial charge in [-0.25, -0.2) is 0 Å². The Labute approximate surface area is 306 Å². The summed E-state index contributed by atoms with van der Waals surface area (Å²) in [6.45, 7) is 0. The van der Waals surface area contributed by atoms with Crippen LogP contribution in [0.2, 0.25) is 0 Å². The van der Waals surface area contributed by atoms with Crippen LogP contribution in [0.3, 0.4) is 0 Å². The minimum absolute atomic E-state index is 0.00986. The van der Waals surface area contributed by atoms with Crippen molar-refractivity contribution in [3.63, 3.8) is 0 Å². The van der Waals surface area contributed by atoms with Crippen LogP contribution >= 0.6 is 0 Å². The monoisotopic (exact) mass is 680 g/mol. The van der Waals surface area contributed by atoms with Crippen molar-refractivity contribution >= 4 is 60.8 Å². The molecular formula is C49H32N2O2. The first-order valence-electron chi connectivity index (χ1n) is 17.8. The van der Waals surface area contributed by atoms with Crippen LogP contribution < -0.4 is 10.3 Å². The number of fused-ring (bicyclic) bond motifs is 5. The third-order valence-electron chi connectivity index (χ3n) is 10.2. The molecule has 2 heterocycles. The smallest absolute Gasteiger partial charge is 0.200 e. The van der Waals surface area contributed by atoms with Gasteiger partial charge in [-0.2, -0.15) is 0 Å². The van der Waals surface area contributed by atoms with Gasteiger partial charge in [0.25, 0.3) is 0 Å². The Morgan fingerprint density at radius 2 is 0.906 bits per heavy atom. The van der Waals surface area contributed by atoms with E-state index >= 15 is 0 Å². The molecule has 4 nitrogen and oxygen atoms in total. The highest BCUT2D eigenvalue weighted by Gasteiger charge is 2.18. The van der Waals surface area contributed by atoms with E-state index < -0.39 is 0 Å². The maximum atomic E-state index is 13.2. The van der Waals surface area contributed by atoms with Crippen LogP contribution in [0.5, 0.6) is 0 Å². The van der Waals surface area contributed by atoms with Crippen molar-refractivity contribution in [1.29, 1.82) is 0 Å². The number of benzene rings is 8. The zero-order valence-electron chi connectivity index (χ0n) is 28.7. The molecule has 0 amide bonds. The molecule has 0 saturated heterocycles. The fourth-order valence-electron chi connectivity index (χ4n) is 7.62. The molecule has 0 saturated carbocycles. The third-order valence-corrected chi connectivity index (χ3v) is 10.2. The summed E-state index contributed by atoms with van der Waals surface area (Å²) in [5, 5.41) is 3.54. The molecular weight excluding hydrogens is 649 g/mol. The summed E-state index contributed by atoms with van der Waals surface area (Å²) in [4.78, 5) is 15.5. The number of nitrogens with zero attached hydrogens (tertiary/aromatic N) is 2. The summed E-state index contributed by atoms with van der Waals surface area (Å²) in [7, 11) is 0. The zero-order valence-corrected chi connectivity index (χ0v) is 28.7. The average Bonchev–Trinajstić information content (AvgIpc) is 3.55. The molecule has 2 aromatic heterocycles. The highest BCUT2D eigenvalue weighted by molar-refractivity contribution is 6.12. The van der Waals surface area contributed by atoms with Crippen LogP contribution in [0.25, 0.3) is 71.7 Å². The molecule has 0 radical (unpaired) electrons. The van der Waals surface area contributed by atoms with E-state index in [2.05, 4.69) is 161 Å². The van der Waals surface area contributed by atoms with E-state index in [9.17, 15) is 4.79 Å². The Kier molecular flexibility index (Phi) is 7.26. The van der Waals surface area contributed by atoms with Gasteiger partial charge in [0.05, 0.1) is 21.8 Å². The lowest BCUT2D eigenvalue weighted by molar-refractivity contribution is 0.660. The van der Waals surface area contributed by atoms with Gasteiger partial charge >= 0.3 is 0 Å². The van der Waals surface area contributed by atoms with Crippen molar-refractivity contribution < 1.29 is 4.42 Å². The lowest BCUT2D eigenvalue weighted by atomic mass is 10.0. The summed E-state index contributed by atoms with van der Waals surface area (Å²) in [5.41, 5.74) is 12.2. The van der Waals surface area contributed by atoms with Crippen LogP contribution in [0.15, 0.2) is 203 Å². The number of hydrogen-bond acceptors (Lipinski definition) is 3. The van der Waals surface area contributed by atoms with E-state index in [1.54, 1.807) is 0 Å². The minimum Gasteiger partial charge on any atom is -0.456 e. The Bertz CT molecular complexity index is 2960. The Balaban J connectivity index is 1.13. The maximum Gasteiger partial charge on any atom is 0.200 e. The molecule has 0 fully saturated rings. The Hall–Kier alpha value is -7.17. The fraction of sp³-hybridized carbons (Fsp3) is 0. The van der Waals surface area contributed by atoms with Crippen molar-refractivity contribution in [2.45, 2.75) is 0 Å². The first-order valence-corrected chi connectivity index (χ1v) is 17.8. The molecule has 8 aromatic carbocycles. The quantitative estimate of drug-likeness (QED) is 0.164. The van der Waals surface area contributed by atoms with Gasteiger partial charge in [-0.3, -0.25) is 4.79 Å². The largest absolute Gasteiger partial charge is 0.456 e. The summed E-state index contributed by atoms with van der Waals surface area (Å²) >= 11 is 0. The molecule has 53 heavy (non-hydrogen) atoms. The first-order chi connectivity index (χ1) is 26.2. The summed E-state index contributed by atoms with van der Waals surface area (Å²) in [6.07, 6.45) is 0. The highest BCUT2D eigenvalue weighted by Crippen LogP contribution is 2.41. The van der Waals surface area contributed by atoms with Gasteiger partial charge in [-0.15, -0.1) is 0 Å². The van der Waals surface area contributed by atoms with Crippen molar-refractivity contribution in [3.05, 3.63) is 204 Å². The number of hydrogen-bond donors (Lipinski definition) is 0. The molecule has 0 atom stereocenters. The summed E-state index contributed by atoms with van der Waals surface area (Å²) in [6, 6.07) is 67.1. The zero-order chi connectivity index (χ0) is 35.3. The second kappa shape index (κ2) is 12.6. The predicted molar refractivity (Wildman–Crippen MR) is 220 cm³/mol. The molecule has 0 aliphatic heterocycles. The lowest BCUT2D eigenvalue weighted by Crippen LogP contribution is -2.09. The van der Waals surface area contributed by atoms with E-state index in [1.807, 2.05) is 42.5 Å². The standard InChI is InChI=1S/C49H32N2O2/c52-49-41-18-10-11-19-47(41)53-48-31-36(22-27-42(48)49)34-20-24-39(25-21-34)51-45-28-23-35(33-12-4-1-5-13-33)30-43(45)44-32-40(26-29-46(44)51)50(37-14-6-2-7-15-37)38-16-8-3-9-17-38/h1-32H. The lowest BCUT2D eigenvalue weighted by Gasteiger charge is -2.25. The van der Waals surface area contributed by atoms with Crippen molar-refractivity contribution in [1.82, 2.24) is 4.57 Å². The van der Waals surface area contributed by atoms with Gasteiger partial charge in [0.1, 0.15) is 11.2 Å². The van der Waals surface area contributed by atoms with Crippen LogP contribution in [-0.2, 0) is 0 Å². The normalized spacial score (nSPS) is 11.5. The molecule has 0 aliphatic rings. The average molecular weight is 681 g/mol. The highest BCUT2D eigenvalue weighted by atomic mass is 16.3. The summed E-state index contributed by atoms with van der Waals surface area (Å²) in [5.74, 6) is 0. The number of aromatic nitrogens is 1. The van der Waals surface area contributed by atoms with E-state index in [0.717, 1.165) is 44.9 Å². The first kappa shape index (κ1) is 30.6. The number of para-hydroxylation sites is 3. The second-order valence-corrected chi connectivity index (χ2v) is 13.3. The molecule has 0 bridgehead atoms. The van der Waals surface area contributed by atoms with Crippen LogP contribution in [0.1, 0.15) is 0 Å². The molecule has 4 heteroatoms. The SMILES string of the molecule is O=c1c2ccccc2oc2cc(-c3ccc(-n4c5ccc(-c6ccccc6)cc5c5cc(N(c6ccccc6)c6ccccc6)ccc54)cc3)ccc12.